The Morgan fingerprint density at radius 3 is 2.40 bits per heavy atom. The number of hydrogen-bond donors (Lipinski definition) is 0. The van der Waals surface area contributed by atoms with Crippen LogP contribution in [0, 0.1) is 6.92 Å². The molecule has 1 saturated carbocycles. The highest BCUT2D eigenvalue weighted by Gasteiger charge is 2.58. The molecule has 1 saturated heterocycles. The van der Waals surface area contributed by atoms with Gasteiger partial charge in [0.05, 0.1) is 12.2 Å². The van der Waals surface area contributed by atoms with E-state index in [1.54, 1.807) is 18.7 Å². The van der Waals surface area contributed by atoms with Crippen molar-refractivity contribution in [2.24, 2.45) is 7.05 Å². The lowest BCUT2D eigenvalue weighted by Gasteiger charge is -2.33. The first kappa shape index (κ1) is 20.2. The Morgan fingerprint density at radius 2 is 1.77 bits per heavy atom. The third kappa shape index (κ3) is 3.28. The van der Waals surface area contributed by atoms with Gasteiger partial charge in [-0.1, -0.05) is 30.3 Å². The predicted molar refractivity (Wildman–Crippen MR) is 102 cm³/mol. The number of aryl methyl sites for hydroxylation is 1. The van der Waals surface area contributed by atoms with Crippen LogP contribution in [0.25, 0.3) is 11.3 Å². The van der Waals surface area contributed by atoms with Gasteiger partial charge in [0.1, 0.15) is 5.69 Å². The smallest absolute Gasteiger partial charge is 0.418 e. The second kappa shape index (κ2) is 7.00. The monoisotopic (exact) mass is 417 g/mol. The summed E-state index contributed by atoms with van der Waals surface area (Å²) in [5.74, 6) is -4.12. The first-order chi connectivity index (χ1) is 14.1. The number of imide groups is 1. The number of halogens is 2. The molecule has 1 aromatic heterocycles. The van der Waals surface area contributed by atoms with Gasteiger partial charge in [0, 0.05) is 43.9 Å². The van der Waals surface area contributed by atoms with Gasteiger partial charge < -0.3 is 4.74 Å². The molecule has 7 nitrogen and oxygen atoms in total. The lowest BCUT2D eigenvalue weighted by Crippen LogP contribution is -2.47. The molecule has 2 aliphatic rings. The third-order valence-electron chi connectivity index (χ3n) is 5.82. The molecule has 158 valence electrons. The van der Waals surface area contributed by atoms with E-state index in [0.717, 1.165) is 11.3 Å². The predicted octanol–water partition coefficient (Wildman–Crippen LogP) is 3.51. The number of carbonyl (C=O) groups is 3. The van der Waals surface area contributed by atoms with Crippen molar-refractivity contribution in [3.63, 3.8) is 0 Å². The zero-order valence-corrected chi connectivity index (χ0v) is 16.7. The number of rotatable bonds is 4. The summed E-state index contributed by atoms with van der Waals surface area (Å²) in [6, 6.07) is 9.40. The number of nitrogens with zero attached hydrogens (tertiary/aromatic N) is 3. The highest BCUT2D eigenvalue weighted by atomic mass is 19.3. The zero-order valence-electron chi connectivity index (χ0n) is 16.7. The molecule has 0 radical (unpaired) electrons. The van der Waals surface area contributed by atoms with Crippen LogP contribution >= 0.6 is 0 Å². The number of benzene rings is 1. The topological polar surface area (TPSA) is 81.5 Å². The Kier molecular flexibility index (Phi) is 4.71. The molecule has 0 N–H and O–H groups in total. The zero-order chi connectivity index (χ0) is 21.7. The van der Waals surface area contributed by atoms with E-state index in [1.807, 2.05) is 30.3 Å². The molecule has 2 aromatic rings. The van der Waals surface area contributed by atoms with Crippen molar-refractivity contribution in [3.8, 4) is 11.3 Å². The number of Topliss-reactive ketones (excluding diaryl/α,β-unsaturated/α-hetero) is 1. The molecule has 0 unspecified atom stereocenters. The average molecular weight is 417 g/mol. The fraction of sp³-hybridized carbons (Fsp3) is 0.429. The van der Waals surface area contributed by atoms with Gasteiger partial charge in [0.2, 0.25) is 11.7 Å². The fourth-order valence-corrected chi connectivity index (χ4v) is 4.18. The van der Waals surface area contributed by atoms with Gasteiger partial charge >= 0.3 is 6.09 Å². The molecule has 2 heterocycles. The van der Waals surface area contributed by atoms with E-state index in [1.165, 1.54) is 0 Å². The Labute approximate surface area is 171 Å². The Hall–Kier alpha value is -3.10. The first-order valence-corrected chi connectivity index (χ1v) is 9.68. The molecule has 1 aliphatic heterocycles. The number of ether oxygens (including phenoxy) is 1. The molecular weight excluding hydrogens is 396 g/mol. The summed E-state index contributed by atoms with van der Waals surface area (Å²) >= 11 is 0. The van der Waals surface area contributed by atoms with E-state index >= 15 is 0 Å². The van der Waals surface area contributed by atoms with Gasteiger partial charge in [-0.15, -0.1) is 0 Å². The molecule has 30 heavy (non-hydrogen) atoms. The third-order valence-corrected chi connectivity index (χ3v) is 5.82. The maximum atomic E-state index is 13.5. The molecule has 0 atom stereocenters. The number of ketones is 1. The van der Waals surface area contributed by atoms with Gasteiger partial charge in [0.15, 0.2) is 5.60 Å². The molecule has 4 rings (SSSR count). The number of amides is 2. The molecule has 1 spiro atoms. The minimum absolute atomic E-state index is 0.146. The lowest BCUT2D eigenvalue weighted by molar-refractivity contribution is -0.146. The van der Waals surface area contributed by atoms with Crippen LogP contribution < -0.4 is 0 Å². The molecule has 2 fully saturated rings. The van der Waals surface area contributed by atoms with Crippen molar-refractivity contribution in [2.75, 3.05) is 6.54 Å². The minimum Gasteiger partial charge on any atom is -0.432 e. The lowest BCUT2D eigenvalue weighted by atomic mass is 9.82. The normalized spacial score (nSPS) is 19.9. The van der Waals surface area contributed by atoms with E-state index in [0.29, 0.717) is 10.5 Å². The largest absolute Gasteiger partial charge is 0.432 e. The molecule has 2 amide bonds. The van der Waals surface area contributed by atoms with Crippen LogP contribution in [0.3, 0.4) is 0 Å². The van der Waals surface area contributed by atoms with E-state index in [2.05, 4.69) is 5.10 Å². The van der Waals surface area contributed by atoms with Crippen molar-refractivity contribution in [1.82, 2.24) is 14.7 Å². The minimum atomic E-state index is -2.87. The molecular formula is C21H21F2N3O4. The quantitative estimate of drug-likeness (QED) is 0.712. The first-order valence-electron chi connectivity index (χ1n) is 9.68. The van der Waals surface area contributed by atoms with Crippen LogP contribution in [-0.2, 0) is 16.6 Å². The SMILES string of the molecule is Cc1c(C(=O)CN2C(=O)OC3(CCC(F)(F)CC3)C2=O)nn(C)c1-c1ccccc1. The summed E-state index contributed by atoms with van der Waals surface area (Å²) in [6.07, 6.45) is -2.55. The standard InChI is InChI=1S/C21H21F2N3O4/c1-13-16(24-25(2)17(13)14-6-4-3-5-7-14)15(27)12-26-18(28)20(30-19(26)29)8-10-21(22,23)11-9-20/h3-7H,8-12H2,1-2H3. The van der Waals surface area contributed by atoms with Crippen molar-refractivity contribution in [2.45, 2.75) is 44.1 Å². The number of hydrogen-bond acceptors (Lipinski definition) is 5. The second-order valence-electron chi connectivity index (χ2n) is 7.84. The van der Waals surface area contributed by atoms with Gasteiger partial charge in [-0.3, -0.25) is 14.3 Å². The van der Waals surface area contributed by atoms with Crippen molar-refractivity contribution in [3.05, 3.63) is 41.6 Å². The Morgan fingerprint density at radius 1 is 1.13 bits per heavy atom. The van der Waals surface area contributed by atoms with Crippen molar-refractivity contribution in [1.29, 1.82) is 0 Å². The van der Waals surface area contributed by atoms with Crippen LogP contribution in [-0.4, -0.2) is 50.5 Å². The highest BCUT2D eigenvalue weighted by Crippen LogP contribution is 2.44. The molecule has 9 heteroatoms. The summed E-state index contributed by atoms with van der Waals surface area (Å²) < 4.78 is 33.8. The highest BCUT2D eigenvalue weighted by molar-refractivity contribution is 6.08. The van der Waals surface area contributed by atoms with Crippen LogP contribution in [0.1, 0.15) is 41.7 Å². The Bertz CT molecular complexity index is 1020. The van der Waals surface area contributed by atoms with Gasteiger partial charge in [-0.2, -0.15) is 5.10 Å². The van der Waals surface area contributed by atoms with Crippen LogP contribution in [0.2, 0.25) is 0 Å². The number of carbonyl (C=O) groups excluding carboxylic acids is 3. The second-order valence-corrected chi connectivity index (χ2v) is 7.84. The summed E-state index contributed by atoms with van der Waals surface area (Å²) in [6.45, 7) is 1.21. The summed E-state index contributed by atoms with van der Waals surface area (Å²) in [4.78, 5) is 38.7. The van der Waals surface area contributed by atoms with Crippen LogP contribution in [0.4, 0.5) is 13.6 Å². The molecule has 1 aliphatic carbocycles. The van der Waals surface area contributed by atoms with Crippen LogP contribution in [0.5, 0.6) is 0 Å². The maximum Gasteiger partial charge on any atom is 0.418 e. The van der Waals surface area contributed by atoms with Crippen molar-refractivity contribution < 1.29 is 27.9 Å². The fourth-order valence-electron chi connectivity index (χ4n) is 4.18. The van der Waals surface area contributed by atoms with Crippen molar-refractivity contribution >= 4 is 17.8 Å². The number of aromatic nitrogens is 2. The average Bonchev–Trinajstić information content (AvgIpc) is 3.13. The van der Waals surface area contributed by atoms with E-state index in [9.17, 15) is 23.2 Å². The van der Waals surface area contributed by atoms with E-state index in [-0.39, 0.29) is 18.5 Å². The van der Waals surface area contributed by atoms with E-state index in [4.69, 9.17) is 4.74 Å². The maximum absolute atomic E-state index is 13.5. The van der Waals surface area contributed by atoms with Gasteiger partial charge in [-0.05, 0) is 6.92 Å². The molecule has 0 bridgehead atoms. The van der Waals surface area contributed by atoms with Gasteiger partial charge in [-0.25, -0.2) is 18.5 Å². The van der Waals surface area contributed by atoms with Crippen LogP contribution in [0.15, 0.2) is 30.3 Å². The summed E-state index contributed by atoms with van der Waals surface area (Å²) in [5.41, 5.74) is 0.810. The molecule has 1 aromatic carbocycles. The summed E-state index contributed by atoms with van der Waals surface area (Å²) in [5, 5.41) is 4.28. The van der Waals surface area contributed by atoms with E-state index < -0.39 is 48.7 Å². The number of alkyl halides is 2. The van der Waals surface area contributed by atoms with Gasteiger partial charge in [0.25, 0.3) is 5.91 Å². The summed E-state index contributed by atoms with van der Waals surface area (Å²) in [7, 11) is 1.71. The Balaban J connectivity index is 1.55.